The zero-order valence-electron chi connectivity index (χ0n) is 15.9. The van der Waals surface area contributed by atoms with E-state index in [2.05, 4.69) is 24.9 Å². The number of aromatic hydroxyl groups is 1. The van der Waals surface area contributed by atoms with Gasteiger partial charge in [-0.25, -0.2) is 14.8 Å². The second-order valence-corrected chi connectivity index (χ2v) is 7.24. The van der Waals surface area contributed by atoms with E-state index < -0.39 is 5.63 Å². The lowest BCUT2D eigenvalue weighted by Crippen LogP contribution is -2.46. The summed E-state index contributed by atoms with van der Waals surface area (Å²) in [5, 5.41) is 15.7. The third kappa shape index (κ3) is 3.19. The summed E-state index contributed by atoms with van der Waals surface area (Å²) in [5.74, 6) is 0.988. The molecule has 0 saturated carbocycles. The van der Waals surface area contributed by atoms with Crippen LogP contribution in [0.5, 0.6) is 5.75 Å². The van der Waals surface area contributed by atoms with Gasteiger partial charge in [0.05, 0.1) is 11.6 Å². The summed E-state index contributed by atoms with van der Waals surface area (Å²) >= 11 is 0. The molecule has 1 aromatic carbocycles. The van der Waals surface area contributed by atoms with Gasteiger partial charge in [-0.15, -0.1) is 0 Å². The fraction of sp³-hybridized carbons (Fsp3) is 0.300. The molecule has 1 aliphatic heterocycles. The number of aromatic nitrogens is 4. The van der Waals surface area contributed by atoms with Crippen molar-refractivity contribution < 1.29 is 9.52 Å². The second-order valence-electron chi connectivity index (χ2n) is 7.24. The Balaban J connectivity index is 1.35. The van der Waals surface area contributed by atoms with E-state index in [0.717, 1.165) is 54.0 Å². The summed E-state index contributed by atoms with van der Waals surface area (Å²) in [4.78, 5) is 25.3. The van der Waals surface area contributed by atoms with Gasteiger partial charge in [-0.1, -0.05) is 0 Å². The first-order valence-electron chi connectivity index (χ1n) is 9.44. The Hall–Kier alpha value is -3.46. The highest BCUT2D eigenvalue weighted by Crippen LogP contribution is 2.25. The standard InChI is InChI=1S/C20H20N6O3/c1-24-19-16(10-23-24)20(22-12-21-19)26-6-4-25(5-7-26)11-13-8-18(28)29-17-9-14(27)2-3-15(13)17/h2-3,8-10,12,27H,4-7,11H2,1H3. The Morgan fingerprint density at radius 2 is 1.93 bits per heavy atom. The highest BCUT2D eigenvalue weighted by Gasteiger charge is 2.22. The maximum atomic E-state index is 11.9. The first-order chi connectivity index (χ1) is 14.1. The SMILES string of the molecule is Cn1ncc2c(N3CCN(Cc4cc(=O)oc5cc(O)ccc45)CC3)ncnc21. The normalized spacial score (nSPS) is 15.4. The van der Waals surface area contributed by atoms with Crippen LogP contribution in [0.3, 0.4) is 0 Å². The van der Waals surface area contributed by atoms with Crippen molar-refractivity contribution in [3.8, 4) is 5.75 Å². The maximum absolute atomic E-state index is 11.9. The fourth-order valence-corrected chi connectivity index (χ4v) is 3.91. The zero-order chi connectivity index (χ0) is 20.0. The summed E-state index contributed by atoms with van der Waals surface area (Å²) in [6.45, 7) is 3.96. The Kier molecular flexibility index (Phi) is 4.17. The highest BCUT2D eigenvalue weighted by atomic mass is 16.4. The van der Waals surface area contributed by atoms with Gasteiger partial charge in [-0.05, 0) is 17.7 Å². The van der Waals surface area contributed by atoms with E-state index in [-0.39, 0.29) is 5.75 Å². The molecule has 4 aromatic rings. The molecule has 9 heteroatoms. The number of piperazine rings is 1. The lowest BCUT2D eigenvalue weighted by Gasteiger charge is -2.35. The van der Waals surface area contributed by atoms with Gasteiger partial charge in [0.1, 0.15) is 23.5 Å². The van der Waals surface area contributed by atoms with Crippen LogP contribution in [0, 0.1) is 0 Å². The molecule has 3 aromatic heterocycles. The zero-order valence-corrected chi connectivity index (χ0v) is 15.9. The van der Waals surface area contributed by atoms with E-state index in [1.54, 1.807) is 23.1 Å². The monoisotopic (exact) mass is 392 g/mol. The number of benzene rings is 1. The molecule has 9 nitrogen and oxygen atoms in total. The van der Waals surface area contributed by atoms with Crippen molar-refractivity contribution in [1.82, 2.24) is 24.6 Å². The lowest BCUT2D eigenvalue weighted by atomic mass is 10.1. The van der Waals surface area contributed by atoms with Gasteiger partial charge < -0.3 is 14.4 Å². The largest absolute Gasteiger partial charge is 0.508 e. The molecule has 0 unspecified atom stereocenters. The highest BCUT2D eigenvalue weighted by molar-refractivity contribution is 5.86. The van der Waals surface area contributed by atoms with Gasteiger partial charge in [0.25, 0.3) is 0 Å². The molecule has 0 bridgehead atoms. The summed E-state index contributed by atoms with van der Waals surface area (Å²) in [7, 11) is 1.87. The maximum Gasteiger partial charge on any atom is 0.336 e. The molecule has 1 N–H and O–H groups in total. The number of hydrogen-bond donors (Lipinski definition) is 1. The van der Waals surface area contributed by atoms with Crippen LogP contribution in [0.1, 0.15) is 5.56 Å². The number of phenols is 1. The van der Waals surface area contributed by atoms with Crippen LogP contribution in [0.15, 0.2) is 46.0 Å². The number of anilines is 1. The van der Waals surface area contributed by atoms with Crippen molar-refractivity contribution in [3.05, 3.63) is 52.8 Å². The van der Waals surface area contributed by atoms with Crippen molar-refractivity contribution in [2.75, 3.05) is 31.1 Å². The van der Waals surface area contributed by atoms with Crippen LogP contribution in [0.25, 0.3) is 22.0 Å². The average molecular weight is 392 g/mol. The number of aryl methyl sites for hydroxylation is 1. The molecule has 1 fully saturated rings. The minimum atomic E-state index is -0.406. The van der Waals surface area contributed by atoms with Crippen molar-refractivity contribution in [3.63, 3.8) is 0 Å². The van der Waals surface area contributed by atoms with Crippen molar-refractivity contribution in [2.24, 2.45) is 7.05 Å². The topological polar surface area (TPSA) is 101 Å². The molecule has 0 aliphatic carbocycles. The van der Waals surface area contributed by atoms with E-state index in [1.807, 2.05) is 13.2 Å². The predicted octanol–water partition coefficient (Wildman–Crippen LogP) is 1.50. The predicted molar refractivity (Wildman–Crippen MR) is 108 cm³/mol. The van der Waals surface area contributed by atoms with E-state index in [9.17, 15) is 9.90 Å². The molecular weight excluding hydrogens is 372 g/mol. The lowest BCUT2D eigenvalue weighted by molar-refractivity contribution is 0.250. The first-order valence-corrected chi connectivity index (χ1v) is 9.44. The Morgan fingerprint density at radius 1 is 1.10 bits per heavy atom. The van der Waals surface area contributed by atoms with E-state index >= 15 is 0 Å². The smallest absolute Gasteiger partial charge is 0.336 e. The summed E-state index contributed by atoms with van der Waals surface area (Å²) in [6.07, 6.45) is 3.39. The number of fused-ring (bicyclic) bond motifs is 2. The third-order valence-corrected chi connectivity index (χ3v) is 5.39. The quantitative estimate of drug-likeness (QED) is 0.524. The number of phenolic OH excluding ortho intramolecular Hbond substituents is 1. The molecular formula is C20H20N6O3. The number of rotatable bonds is 3. The number of hydrogen-bond acceptors (Lipinski definition) is 8. The van der Waals surface area contributed by atoms with Crippen LogP contribution in [-0.4, -0.2) is 55.9 Å². The van der Waals surface area contributed by atoms with Crippen LogP contribution < -0.4 is 10.5 Å². The van der Waals surface area contributed by atoms with Gasteiger partial charge in [0.15, 0.2) is 5.65 Å². The van der Waals surface area contributed by atoms with E-state index in [4.69, 9.17) is 4.42 Å². The molecule has 0 radical (unpaired) electrons. The van der Waals surface area contributed by atoms with Crippen molar-refractivity contribution >= 4 is 27.8 Å². The van der Waals surface area contributed by atoms with Gasteiger partial charge in [-0.3, -0.25) is 9.58 Å². The Morgan fingerprint density at radius 3 is 2.76 bits per heavy atom. The minimum absolute atomic E-state index is 0.0815. The van der Waals surface area contributed by atoms with Crippen LogP contribution >= 0.6 is 0 Å². The summed E-state index contributed by atoms with van der Waals surface area (Å²) < 4.78 is 6.98. The molecule has 5 rings (SSSR count). The molecule has 0 amide bonds. The Bertz CT molecular complexity index is 1260. The molecule has 1 aliphatic rings. The van der Waals surface area contributed by atoms with Crippen molar-refractivity contribution in [1.29, 1.82) is 0 Å². The van der Waals surface area contributed by atoms with Crippen LogP contribution in [0.4, 0.5) is 5.82 Å². The second kappa shape index (κ2) is 6.85. The van der Waals surface area contributed by atoms with Gasteiger partial charge >= 0.3 is 5.63 Å². The molecule has 1 saturated heterocycles. The number of nitrogens with zero attached hydrogens (tertiary/aromatic N) is 6. The summed E-state index contributed by atoms with van der Waals surface area (Å²) in [6, 6.07) is 6.42. The van der Waals surface area contributed by atoms with Gasteiger partial charge in [0, 0.05) is 57.3 Å². The van der Waals surface area contributed by atoms with Crippen molar-refractivity contribution in [2.45, 2.75) is 6.54 Å². The van der Waals surface area contributed by atoms with E-state index in [1.165, 1.54) is 12.1 Å². The van der Waals surface area contributed by atoms with Gasteiger partial charge in [-0.2, -0.15) is 5.10 Å². The molecule has 0 spiro atoms. The molecule has 148 valence electrons. The third-order valence-electron chi connectivity index (χ3n) is 5.39. The molecule has 29 heavy (non-hydrogen) atoms. The van der Waals surface area contributed by atoms with E-state index in [0.29, 0.717) is 12.1 Å². The first kappa shape index (κ1) is 17.6. The Labute approximate surface area is 165 Å². The fourth-order valence-electron chi connectivity index (χ4n) is 3.91. The summed E-state index contributed by atoms with van der Waals surface area (Å²) in [5.41, 5.74) is 1.73. The van der Waals surface area contributed by atoms with Gasteiger partial charge in [0.2, 0.25) is 0 Å². The average Bonchev–Trinajstić information content (AvgIpc) is 3.09. The molecule has 0 atom stereocenters. The van der Waals surface area contributed by atoms with Crippen LogP contribution in [-0.2, 0) is 13.6 Å². The molecule has 4 heterocycles. The minimum Gasteiger partial charge on any atom is -0.508 e. The van der Waals surface area contributed by atoms with Crippen LogP contribution in [0.2, 0.25) is 0 Å².